The molecule has 3 aromatic carbocycles. The Balaban J connectivity index is 1.84. The standard InChI is InChI=1S/C26H25NSi/c1-28(2,3)26-19-27-25(18-24(26)21-13-8-5-9-14-21)23-16-10-15-22(17-23)20-11-6-4-7-12-20/h4-19H,1-3H3. The van der Waals surface area contributed by atoms with E-state index >= 15 is 0 Å². The predicted molar refractivity (Wildman–Crippen MR) is 124 cm³/mol. The van der Waals surface area contributed by atoms with Crippen LogP contribution < -0.4 is 5.19 Å². The van der Waals surface area contributed by atoms with Crippen LogP contribution in [0.25, 0.3) is 33.5 Å². The smallest absolute Gasteiger partial charge is 0.0804 e. The third-order valence-corrected chi connectivity index (χ3v) is 7.08. The van der Waals surface area contributed by atoms with E-state index < -0.39 is 8.07 Å². The van der Waals surface area contributed by atoms with Crippen molar-refractivity contribution in [3.8, 4) is 33.5 Å². The molecular weight excluding hydrogens is 354 g/mol. The molecule has 0 aliphatic rings. The summed E-state index contributed by atoms with van der Waals surface area (Å²) in [5.41, 5.74) is 7.21. The molecule has 4 aromatic rings. The number of pyridine rings is 1. The Labute approximate surface area is 168 Å². The Morgan fingerprint density at radius 2 is 1.14 bits per heavy atom. The van der Waals surface area contributed by atoms with Crippen LogP contribution in [0.2, 0.25) is 19.6 Å². The summed E-state index contributed by atoms with van der Waals surface area (Å²) in [4.78, 5) is 4.87. The van der Waals surface area contributed by atoms with Gasteiger partial charge in [-0.05, 0) is 39.6 Å². The highest BCUT2D eigenvalue weighted by molar-refractivity contribution is 6.89. The van der Waals surface area contributed by atoms with Crippen molar-refractivity contribution in [1.29, 1.82) is 0 Å². The average molecular weight is 380 g/mol. The van der Waals surface area contributed by atoms with Crippen LogP contribution in [0.5, 0.6) is 0 Å². The van der Waals surface area contributed by atoms with Crippen LogP contribution >= 0.6 is 0 Å². The van der Waals surface area contributed by atoms with E-state index in [9.17, 15) is 0 Å². The van der Waals surface area contributed by atoms with Crippen LogP contribution in [0.3, 0.4) is 0 Å². The van der Waals surface area contributed by atoms with Crippen LogP contribution in [0.1, 0.15) is 0 Å². The number of aromatic nitrogens is 1. The number of hydrogen-bond donors (Lipinski definition) is 0. The maximum absolute atomic E-state index is 4.87. The van der Waals surface area contributed by atoms with E-state index in [-0.39, 0.29) is 0 Å². The molecule has 4 rings (SSSR count). The zero-order chi connectivity index (χ0) is 19.6. The maximum Gasteiger partial charge on any atom is 0.0804 e. The van der Waals surface area contributed by atoms with E-state index in [0.717, 1.165) is 11.3 Å². The summed E-state index contributed by atoms with van der Waals surface area (Å²) in [7, 11) is -1.51. The minimum Gasteiger partial charge on any atom is -0.256 e. The lowest BCUT2D eigenvalue weighted by molar-refractivity contribution is 1.34. The predicted octanol–water partition coefficient (Wildman–Crippen LogP) is 6.63. The first-order valence-electron chi connectivity index (χ1n) is 9.74. The van der Waals surface area contributed by atoms with Gasteiger partial charge >= 0.3 is 0 Å². The van der Waals surface area contributed by atoms with Gasteiger partial charge in [-0.3, -0.25) is 4.98 Å². The van der Waals surface area contributed by atoms with E-state index in [1.54, 1.807) is 0 Å². The number of nitrogens with zero attached hydrogens (tertiary/aromatic N) is 1. The molecule has 0 saturated heterocycles. The lowest BCUT2D eigenvalue weighted by Gasteiger charge is -2.21. The van der Waals surface area contributed by atoms with E-state index in [4.69, 9.17) is 4.98 Å². The molecule has 1 aromatic heterocycles. The molecule has 0 radical (unpaired) electrons. The molecule has 0 saturated carbocycles. The molecule has 138 valence electrons. The fourth-order valence-corrected chi connectivity index (χ4v) is 5.03. The highest BCUT2D eigenvalue weighted by Gasteiger charge is 2.22. The molecule has 2 heteroatoms. The molecule has 0 aliphatic carbocycles. The monoisotopic (exact) mass is 379 g/mol. The molecule has 0 unspecified atom stereocenters. The third-order valence-electron chi connectivity index (χ3n) is 5.06. The van der Waals surface area contributed by atoms with Crippen molar-refractivity contribution < 1.29 is 0 Å². The van der Waals surface area contributed by atoms with Crippen molar-refractivity contribution in [3.05, 3.63) is 97.2 Å². The van der Waals surface area contributed by atoms with Gasteiger partial charge in [0.1, 0.15) is 0 Å². The number of hydrogen-bond acceptors (Lipinski definition) is 1. The first kappa shape index (κ1) is 18.4. The Bertz CT molecular complexity index is 1080. The summed E-state index contributed by atoms with van der Waals surface area (Å²) >= 11 is 0. The quantitative estimate of drug-likeness (QED) is 0.363. The minimum absolute atomic E-state index is 1.03. The second-order valence-electron chi connectivity index (χ2n) is 8.18. The van der Waals surface area contributed by atoms with Gasteiger partial charge in [-0.2, -0.15) is 0 Å². The van der Waals surface area contributed by atoms with Crippen LogP contribution in [-0.4, -0.2) is 13.1 Å². The largest absolute Gasteiger partial charge is 0.256 e. The highest BCUT2D eigenvalue weighted by atomic mass is 28.3. The van der Waals surface area contributed by atoms with Gasteiger partial charge in [-0.15, -0.1) is 0 Å². The van der Waals surface area contributed by atoms with Crippen molar-refractivity contribution >= 4 is 13.3 Å². The lowest BCUT2D eigenvalue weighted by atomic mass is 9.99. The fourth-order valence-electron chi connectivity index (χ4n) is 3.56. The molecule has 0 bridgehead atoms. The molecule has 0 atom stereocenters. The summed E-state index contributed by atoms with van der Waals surface area (Å²) in [5.74, 6) is 0. The topological polar surface area (TPSA) is 12.9 Å². The zero-order valence-corrected chi connectivity index (χ0v) is 17.7. The molecule has 0 amide bonds. The SMILES string of the molecule is C[Si](C)(C)c1cnc(-c2cccc(-c3ccccc3)c2)cc1-c1ccccc1. The minimum atomic E-state index is -1.51. The number of rotatable bonds is 4. The van der Waals surface area contributed by atoms with Gasteiger partial charge in [0.15, 0.2) is 0 Å². The van der Waals surface area contributed by atoms with Gasteiger partial charge in [0.2, 0.25) is 0 Å². The Morgan fingerprint density at radius 3 is 1.79 bits per heavy atom. The second-order valence-corrected chi connectivity index (χ2v) is 13.2. The van der Waals surface area contributed by atoms with Crippen molar-refractivity contribution in [2.75, 3.05) is 0 Å². The Morgan fingerprint density at radius 1 is 0.571 bits per heavy atom. The van der Waals surface area contributed by atoms with Gasteiger partial charge < -0.3 is 0 Å². The second kappa shape index (κ2) is 7.57. The van der Waals surface area contributed by atoms with Gasteiger partial charge in [-0.1, -0.05) is 98.5 Å². The summed E-state index contributed by atoms with van der Waals surface area (Å²) in [6, 6.07) is 32.1. The van der Waals surface area contributed by atoms with E-state index in [1.807, 2.05) is 0 Å². The molecular formula is C26H25NSi. The van der Waals surface area contributed by atoms with E-state index in [1.165, 1.54) is 27.4 Å². The van der Waals surface area contributed by atoms with E-state index in [2.05, 4.69) is 117 Å². The molecule has 0 spiro atoms. The van der Waals surface area contributed by atoms with Crippen molar-refractivity contribution in [2.24, 2.45) is 0 Å². The number of benzene rings is 3. The van der Waals surface area contributed by atoms with Crippen LogP contribution in [0.15, 0.2) is 97.2 Å². The lowest BCUT2D eigenvalue weighted by Crippen LogP contribution is -2.39. The van der Waals surface area contributed by atoms with Crippen LogP contribution in [0.4, 0.5) is 0 Å². The Hall–Kier alpha value is -2.97. The molecule has 0 aliphatic heterocycles. The van der Waals surface area contributed by atoms with Gasteiger partial charge in [0, 0.05) is 11.8 Å². The summed E-state index contributed by atoms with van der Waals surface area (Å²) in [5, 5.41) is 1.40. The van der Waals surface area contributed by atoms with Gasteiger partial charge in [0.25, 0.3) is 0 Å². The molecule has 0 fully saturated rings. The first-order chi connectivity index (χ1) is 13.5. The van der Waals surface area contributed by atoms with Crippen LogP contribution in [0, 0.1) is 0 Å². The Kier molecular flexibility index (Phi) is 4.97. The summed E-state index contributed by atoms with van der Waals surface area (Å²) in [6.45, 7) is 7.14. The first-order valence-corrected chi connectivity index (χ1v) is 13.2. The summed E-state index contributed by atoms with van der Waals surface area (Å²) in [6.07, 6.45) is 2.11. The molecule has 28 heavy (non-hydrogen) atoms. The van der Waals surface area contributed by atoms with Crippen molar-refractivity contribution in [2.45, 2.75) is 19.6 Å². The van der Waals surface area contributed by atoms with Crippen molar-refractivity contribution in [3.63, 3.8) is 0 Å². The maximum atomic E-state index is 4.87. The highest BCUT2D eigenvalue weighted by Crippen LogP contribution is 2.28. The molecule has 1 heterocycles. The third kappa shape index (κ3) is 3.83. The van der Waals surface area contributed by atoms with Crippen molar-refractivity contribution in [1.82, 2.24) is 4.98 Å². The van der Waals surface area contributed by atoms with Crippen LogP contribution in [-0.2, 0) is 0 Å². The zero-order valence-electron chi connectivity index (χ0n) is 16.7. The van der Waals surface area contributed by atoms with E-state index in [0.29, 0.717) is 0 Å². The van der Waals surface area contributed by atoms with Gasteiger partial charge in [0.05, 0.1) is 13.8 Å². The average Bonchev–Trinajstić information content (AvgIpc) is 2.74. The normalized spacial score (nSPS) is 11.4. The van der Waals surface area contributed by atoms with Gasteiger partial charge in [-0.25, -0.2) is 0 Å². The summed E-state index contributed by atoms with van der Waals surface area (Å²) < 4.78 is 0. The molecule has 0 N–H and O–H groups in total. The fraction of sp³-hybridized carbons (Fsp3) is 0.115. The molecule has 1 nitrogen and oxygen atoms in total.